The lowest BCUT2D eigenvalue weighted by Crippen LogP contribution is -2.46. The van der Waals surface area contributed by atoms with Gasteiger partial charge in [-0.3, -0.25) is 0 Å². The van der Waals surface area contributed by atoms with E-state index in [4.69, 9.17) is 5.73 Å². The monoisotopic (exact) mass is 225 g/mol. The maximum absolute atomic E-state index is 6.03. The van der Waals surface area contributed by atoms with E-state index in [2.05, 4.69) is 16.7 Å². The Kier molecular flexibility index (Phi) is 4.62. The molecular formula is C13H27N3. The predicted molar refractivity (Wildman–Crippen MR) is 68.5 cm³/mol. The first-order chi connectivity index (χ1) is 7.75. The lowest BCUT2D eigenvalue weighted by molar-refractivity contribution is 0.157. The molecule has 94 valence electrons. The van der Waals surface area contributed by atoms with Gasteiger partial charge in [0.1, 0.15) is 0 Å². The van der Waals surface area contributed by atoms with E-state index in [0.29, 0.717) is 12.0 Å². The van der Waals surface area contributed by atoms with Crippen LogP contribution in [0.5, 0.6) is 0 Å². The summed E-state index contributed by atoms with van der Waals surface area (Å²) in [6.07, 6.45) is 5.35. The van der Waals surface area contributed by atoms with Crippen molar-refractivity contribution in [2.45, 2.75) is 38.6 Å². The van der Waals surface area contributed by atoms with Crippen LogP contribution < -0.4 is 5.73 Å². The number of piperidine rings is 1. The number of rotatable bonds is 4. The number of hydrogen-bond acceptors (Lipinski definition) is 3. The standard InChI is InChI=1S/C13H27N3/c1-12-11-16(10-5-13(12)14)9-4-8-15-6-2-3-7-15/h12-13H,2-11,14H2,1H3. The summed E-state index contributed by atoms with van der Waals surface area (Å²) in [5.74, 6) is 0.681. The molecular weight excluding hydrogens is 198 g/mol. The van der Waals surface area contributed by atoms with Crippen LogP contribution in [0.15, 0.2) is 0 Å². The predicted octanol–water partition coefficient (Wildman–Crippen LogP) is 1.14. The van der Waals surface area contributed by atoms with Crippen molar-refractivity contribution in [2.24, 2.45) is 11.7 Å². The molecule has 2 heterocycles. The summed E-state index contributed by atoms with van der Waals surface area (Å²) < 4.78 is 0. The minimum absolute atomic E-state index is 0.440. The van der Waals surface area contributed by atoms with Crippen LogP contribution in [0, 0.1) is 5.92 Å². The lowest BCUT2D eigenvalue weighted by Gasteiger charge is -2.35. The van der Waals surface area contributed by atoms with Gasteiger partial charge in [0.05, 0.1) is 0 Å². The van der Waals surface area contributed by atoms with Gasteiger partial charge in [0.2, 0.25) is 0 Å². The molecule has 0 saturated carbocycles. The molecule has 2 saturated heterocycles. The van der Waals surface area contributed by atoms with Crippen LogP contribution in [0.3, 0.4) is 0 Å². The Balaban J connectivity index is 1.59. The third kappa shape index (κ3) is 3.44. The van der Waals surface area contributed by atoms with Crippen LogP contribution in [-0.2, 0) is 0 Å². The van der Waals surface area contributed by atoms with Gasteiger partial charge in [0, 0.05) is 12.6 Å². The molecule has 0 spiro atoms. The van der Waals surface area contributed by atoms with E-state index in [-0.39, 0.29) is 0 Å². The number of nitrogens with zero attached hydrogens (tertiary/aromatic N) is 2. The average molecular weight is 225 g/mol. The summed E-state index contributed by atoms with van der Waals surface area (Å²) >= 11 is 0. The Labute approximate surface area is 100.0 Å². The molecule has 2 fully saturated rings. The smallest absolute Gasteiger partial charge is 0.00889 e. The van der Waals surface area contributed by atoms with E-state index >= 15 is 0 Å². The molecule has 0 amide bonds. The zero-order valence-corrected chi connectivity index (χ0v) is 10.7. The normalized spacial score (nSPS) is 33.4. The molecule has 2 N–H and O–H groups in total. The summed E-state index contributed by atoms with van der Waals surface area (Å²) in [6, 6.07) is 0.440. The van der Waals surface area contributed by atoms with E-state index in [1.165, 1.54) is 65.0 Å². The molecule has 0 aromatic rings. The van der Waals surface area contributed by atoms with E-state index < -0.39 is 0 Å². The van der Waals surface area contributed by atoms with E-state index in [1.54, 1.807) is 0 Å². The number of likely N-dealkylation sites (tertiary alicyclic amines) is 2. The van der Waals surface area contributed by atoms with E-state index in [0.717, 1.165) is 0 Å². The second-order valence-electron chi connectivity index (χ2n) is 5.63. The summed E-state index contributed by atoms with van der Waals surface area (Å²) in [4.78, 5) is 5.21. The van der Waals surface area contributed by atoms with Gasteiger partial charge >= 0.3 is 0 Å². The Morgan fingerprint density at radius 3 is 2.44 bits per heavy atom. The molecule has 2 aliphatic rings. The van der Waals surface area contributed by atoms with Crippen molar-refractivity contribution in [3.8, 4) is 0 Å². The van der Waals surface area contributed by atoms with Crippen molar-refractivity contribution in [1.29, 1.82) is 0 Å². The first-order valence-corrected chi connectivity index (χ1v) is 6.96. The average Bonchev–Trinajstić information content (AvgIpc) is 2.76. The molecule has 2 unspecified atom stereocenters. The van der Waals surface area contributed by atoms with Gasteiger partial charge in [-0.15, -0.1) is 0 Å². The second kappa shape index (κ2) is 5.99. The van der Waals surface area contributed by atoms with Gasteiger partial charge in [0.15, 0.2) is 0 Å². The lowest BCUT2D eigenvalue weighted by atomic mass is 9.95. The quantitative estimate of drug-likeness (QED) is 0.779. The van der Waals surface area contributed by atoms with E-state index in [1.807, 2.05) is 0 Å². The van der Waals surface area contributed by atoms with Crippen LogP contribution in [0.2, 0.25) is 0 Å². The fourth-order valence-corrected chi connectivity index (χ4v) is 2.98. The third-order valence-corrected chi connectivity index (χ3v) is 4.20. The van der Waals surface area contributed by atoms with Gasteiger partial charge in [-0.05, 0) is 64.3 Å². The molecule has 0 bridgehead atoms. The van der Waals surface area contributed by atoms with Crippen molar-refractivity contribution in [2.75, 3.05) is 39.3 Å². The van der Waals surface area contributed by atoms with Crippen molar-refractivity contribution in [3.63, 3.8) is 0 Å². The van der Waals surface area contributed by atoms with Crippen LogP contribution in [0.4, 0.5) is 0 Å². The van der Waals surface area contributed by atoms with Crippen molar-refractivity contribution < 1.29 is 0 Å². The Hall–Kier alpha value is -0.120. The van der Waals surface area contributed by atoms with Gasteiger partial charge < -0.3 is 15.5 Å². The maximum Gasteiger partial charge on any atom is 0.00889 e. The highest BCUT2D eigenvalue weighted by atomic mass is 15.2. The van der Waals surface area contributed by atoms with Crippen LogP contribution in [-0.4, -0.2) is 55.1 Å². The summed E-state index contributed by atoms with van der Waals surface area (Å²) in [6.45, 7) is 9.96. The van der Waals surface area contributed by atoms with Gasteiger partial charge in [-0.1, -0.05) is 6.92 Å². The SMILES string of the molecule is CC1CN(CCCN2CCCC2)CCC1N. The number of nitrogens with two attached hydrogens (primary N) is 1. The van der Waals surface area contributed by atoms with Crippen LogP contribution >= 0.6 is 0 Å². The molecule has 0 aliphatic carbocycles. The van der Waals surface area contributed by atoms with Gasteiger partial charge in [-0.2, -0.15) is 0 Å². The van der Waals surface area contributed by atoms with Crippen LogP contribution in [0.25, 0.3) is 0 Å². The van der Waals surface area contributed by atoms with Crippen molar-refractivity contribution in [1.82, 2.24) is 9.80 Å². The minimum Gasteiger partial charge on any atom is -0.327 e. The molecule has 2 rings (SSSR count). The molecule has 16 heavy (non-hydrogen) atoms. The maximum atomic E-state index is 6.03. The van der Waals surface area contributed by atoms with Crippen molar-refractivity contribution >= 4 is 0 Å². The fraction of sp³-hybridized carbons (Fsp3) is 1.00. The van der Waals surface area contributed by atoms with E-state index in [9.17, 15) is 0 Å². The highest BCUT2D eigenvalue weighted by Gasteiger charge is 2.22. The van der Waals surface area contributed by atoms with Crippen molar-refractivity contribution in [3.05, 3.63) is 0 Å². The molecule has 0 radical (unpaired) electrons. The Bertz CT molecular complexity index is 201. The minimum atomic E-state index is 0.440. The topological polar surface area (TPSA) is 32.5 Å². The third-order valence-electron chi connectivity index (χ3n) is 4.20. The first-order valence-electron chi connectivity index (χ1n) is 6.96. The summed E-state index contributed by atoms with van der Waals surface area (Å²) in [5.41, 5.74) is 6.03. The summed E-state index contributed by atoms with van der Waals surface area (Å²) in [5, 5.41) is 0. The summed E-state index contributed by atoms with van der Waals surface area (Å²) in [7, 11) is 0. The largest absolute Gasteiger partial charge is 0.327 e. The highest BCUT2D eigenvalue weighted by molar-refractivity contribution is 4.80. The number of hydrogen-bond donors (Lipinski definition) is 1. The van der Waals surface area contributed by atoms with Crippen LogP contribution in [0.1, 0.15) is 32.6 Å². The molecule has 2 aliphatic heterocycles. The molecule has 0 aromatic carbocycles. The zero-order valence-electron chi connectivity index (χ0n) is 10.7. The molecule has 0 aromatic heterocycles. The second-order valence-corrected chi connectivity index (χ2v) is 5.63. The Morgan fingerprint density at radius 2 is 1.75 bits per heavy atom. The fourth-order valence-electron chi connectivity index (χ4n) is 2.98. The van der Waals surface area contributed by atoms with Gasteiger partial charge in [0.25, 0.3) is 0 Å². The molecule has 3 heteroatoms. The Morgan fingerprint density at radius 1 is 1.06 bits per heavy atom. The molecule has 2 atom stereocenters. The molecule has 3 nitrogen and oxygen atoms in total. The highest BCUT2D eigenvalue weighted by Crippen LogP contribution is 2.15. The first kappa shape index (κ1) is 12.3. The van der Waals surface area contributed by atoms with Gasteiger partial charge in [-0.25, -0.2) is 0 Å². The zero-order chi connectivity index (χ0) is 11.4.